The van der Waals surface area contributed by atoms with Gasteiger partial charge in [0.25, 0.3) is 5.56 Å². The maximum absolute atomic E-state index is 13.6. The van der Waals surface area contributed by atoms with Crippen molar-refractivity contribution < 1.29 is 19.0 Å². The minimum Gasteiger partial charge on any atom is -0.493 e. The SMILES string of the molecule is COC(=O)COc1c(C=Nn2c(C3CCCCC3)nc3ccc(Br)cc3c2=O)cc(Br)cc1OC. The summed E-state index contributed by atoms with van der Waals surface area (Å²) in [5, 5.41) is 5.06. The molecule has 8 nitrogen and oxygen atoms in total. The van der Waals surface area contributed by atoms with E-state index in [1.807, 2.05) is 12.1 Å². The lowest BCUT2D eigenvalue weighted by Gasteiger charge is -2.22. The number of rotatable bonds is 7. The fraction of sp³-hybridized carbons (Fsp3) is 0.360. The molecule has 0 saturated heterocycles. The highest BCUT2D eigenvalue weighted by Crippen LogP contribution is 2.35. The molecule has 1 aliphatic carbocycles. The number of hydrogen-bond donors (Lipinski definition) is 0. The van der Waals surface area contributed by atoms with Crippen molar-refractivity contribution in [2.24, 2.45) is 5.10 Å². The van der Waals surface area contributed by atoms with Crippen LogP contribution in [-0.2, 0) is 9.53 Å². The summed E-state index contributed by atoms with van der Waals surface area (Å²) in [6.45, 7) is -0.297. The van der Waals surface area contributed by atoms with Crippen molar-refractivity contribution >= 4 is 54.9 Å². The predicted molar refractivity (Wildman–Crippen MR) is 141 cm³/mol. The molecule has 0 bridgehead atoms. The zero-order valence-electron chi connectivity index (χ0n) is 19.4. The molecule has 1 fully saturated rings. The van der Waals surface area contributed by atoms with Crippen LogP contribution in [0.15, 0.2) is 49.2 Å². The van der Waals surface area contributed by atoms with Crippen LogP contribution in [0.4, 0.5) is 0 Å². The van der Waals surface area contributed by atoms with Crippen LogP contribution in [0.2, 0.25) is 0 Å². The molecule has 1 aromatic heterocycles. The van der Waals surface area contributed by atoms with Crippen molar-refractivity contribution in [2.75, 3.05) is 20.8 Å². The van der Waals surface area contributed by atoms with Gasteiger partial charge in [-0.3, -0.25) is 4.79 Å². The van der Waals surface area contributed by atoms with E-state index >= 15 is 0 Å². The molecule has 1 aliphatic rings. The molecule has 0 radical (unpaired) electrons. The highest BCUT2D eigenvalue weighted by molar-refractivity contribution is 9.10. The molecule has 0 unspecified atom stereocenters. The predicted octanol–water partition coefficient (Wildman–Crippen LogP) is 5.41. The van der Waals surface area contributed by atoms with Gasteiger partial charge in [-0.1, -0.05) is 51.1 Å². The monoisotopic (exact) mass is 605 g/mol. The zero-order chi connectivity index (χ0) is 24.9. The number of esters is 1. The van der Waals surface area contributed by atoms with Crippen molar-refractivity contribution in [1.82, 2.24) is 9.66 Å². The fourth-order valence-electron chi connectivity index (χ4n) is 4.20. The molecule has 3 aromatic rings. The van der Waals surface area contributed by atoms with Crippen LogP contribution in [0.3, 0.4) is 0 Å². The Morgan fingerprint density at radius 2 is 1.91 bits per heavy atom. The van der Waals surface area contributed by atoms with Gasteiger partial charge in [0.2, 0.25) is 0 Å². The van der Waals surface area contributed by atoms with Crippen molar-refractivity contribution in [2.45, 2.75) is 38.0 Å². The first-order valence-electron chi connectivity index (χ1n) is 11.2. The molecular formula is C25H25Br2N3O5. The lowest BCUT2D eigenvalue weighted by molar-refractivity contribution is -0.142. The summed E-state index contributed by atoms with van der Waals surface area (Å²) in [5.41, 5.74) is 0.930. The summed E-state index contributed by atoms with van der Waals surface area (Å²) in [6, 6.07) is 8.98. The van der Waals surface area contributed by atoms with E-state index in [2.05, 4.69) is 41.7 Å². The van der Waals surface area contributed by atoms with Gasteiger partial charge in [0.05, 0.1) is 31.3 Å². The smallest absolute Gasteiger partial charge is 0.343 e. The maximum atomic E-state index is 13.6. The zero-order valence-corrected chi connectivity index (χ0v) is 22.6. The van der Waals surface area contributed by atoms with E-state index in [1.165, 1.54) is 31.5 Å². The molecule has 35 heavy (non-hydrogen) atoms. The number of methoxy groups -OCH3 is 2. The molecule has 0 aliphatic heterocycles. The summed E-state index contributed by atoms with van der Waals surface area (Å²) in [6.07, 6.45) is 6.82. The number of carbonyl (C=O) groups excluding carboxylic acids is 1. The Morgan fingerprint density at radius 3 is 2.63 bits per heavy atom. The lowest BCUT2D eigenvalue weighted by Crippen LogP contribution is -2.25. The van der Waals surface area contributed by atoms with Crippen molar-refractivity contribution in [1.29, 1.82) is 0 Å². The van der Waals surface area contributed by atoms with E-state index in [0.29, 0.717) is 33.8 Å². The van der Waals surface area contributed by atoms with Gasteiger partial charge in [-0.25, -0.2) is 9.78 Å². The first-order valence-corrected chi connectivity index (χ1v) is 12.8. The standard InChI is InChI=1S/C25H25Br2N3O5/c1-33-21-12-18(27)10-16(23(21)35-14-22(31)34-2)13-28-30-24(15-6-4-3-5-7-15)29-20-9-8-17(26)11-19(20)25(30)32/h8-13,15H,3-7,14H2,1-2H3. The van der Waals surface area contributed by atoms with E-state index in [1.54, 1.807) is 18.2 Å². The fourth-order valence-corrected chi connectivity index (χ4v) is 5.02. The Balaban J connectivity index is 1.84. The third-order valence-electron chi connectivity index (χ3n) is 5.95. The van der Waals surface area contributed by atoms with Crippen LogP contribution in [-0.4, -0.2) is 42.7 Å². The van der Waals surface area contributed by atoms with Gasteiger partial charge in [0.15, 0.2) is 18.1 Å². The van der Waals surface area contributed by atoms with E-state index in [4.69, 9.17) is 14.5 Å². The minimum absolute atomic E-state index is 0.147. The maximum Gasteiger partial charge on any atom is 0.343 e. The van der Waals surface area contributed by atoms with Gasteiger partial charge in [-0.2, -0.15) is 9.78 Å². The molecule has 1 heterocycles. The highest BCUT2D eigenvalue weighted by atomic mass is 79.9. The number of hydrogen-bond acceptors (Lipinski definition) is 7. The summed E-state index contributed by atoms with van der Waals surface area (Å²) >= 11 is 6.91. The van der Waals surface area contributed by atoms with E-state index < -0.39 is 5.97 Å². The van der Waals surface area contributed by atoms with Crippen molar-refractivity contribution in [3.8, 4) is 11.5 Å². The molecule has 0 spiro atoms. The first kappa shape index (κ1) is 25.4. The summed E-state index contributed by atoms with van der Waals surface area (Å²) in [5.74, 6) is 0.991. The Hall–Kier alpha value is -2.72. The van der Waals surface area contributed by atoms with Gasteiger partial charge in [0.1, 0.15) is 5.82 Å². The number of halogens is 2. The Kier molecular flexibility index (Phi) is 8.22. The Labute approximate surface area is 219 Å². The van der Waals surface area contributed by atoms with Crippen molar-refractivity contribution in [3.63, 3.8) is 0 Å². The second-order valence-corrected chi connectivity index (χ2v) is 10.1. The van der Waals surface area contributed by atoms with Crippen LogP contribution in [0.1, 0.15) is 49.4 Å². The normalized spacial score (nSPS) is 14.4. The quantitative estimate of drug-likeness (QED) is 0.264. The third-order valence-corrected chi connectivity index (χ3v) is 6.90. The van der Waals surface area contributed by atoms with Gasteiger partial charge in [-0.05, 0) is 43.2 Å². The molecule has 0 N–H and O–H groups in total. The minimum atomic E-state index is -0.530. The molecule has 2 aromatic carbocycles. The van der Waals surface area contributed by atoms with Crippen molar-refractivity contribution in [3.05, 3.63) is 61.0 Å². The highest BCUT2D eigenvalue weighted by Gasteiger charge is 2.23. The molecule has 4 rings (SSSR count). The second kappa shape index (κ2) is 11.3. The molecular weight excluding hydrogens is 582 g/mol. The molecule has 0 atom stereocenters. The summed E-state index contributed by atoms with van der Waals surface area (Å²) in [7, 11) is 2.79. The second-order valence-electron chi connectivity index (χ2n) is 8.22. The largest absolute Gasteiger partial charge is 0.493 e. The van der Waals surface area contributed by atoms with Crippen LogP contribution >= 0.6 is 31.9 Å². The number of benzene rings is 2. The van der Waals surface area contributed by atoms with E-state index in [0.717, 1.165) is 34.6 Å². The van der Waals surface area contributed by atoms with Crippen LogP contribution < -0.4 is 15.0 Å². The lowest BCUT2D eigenvalue weighted by atomic mass is 9.88. The van der Waals surface area contributed by atoms with Crippen LogP contribution in [0.25, 0.3) is 10.9 Å². The summed E-state index contributed by atoms with van der Waals surface area (Å²) in [4.78, 5) is 30.1. The van der Waals surface area contributed by atoms with Crippen LogP contribution in [0.5, 0.6) is 11.5 Å². The number of fused-ring (bicyclic) bond motifs is 1. The Bertz CT molecular complexity index is 1330. The topological polar surface area (TPSA) is 92.0 Å². The van der Waals surface area contributed by atoms with E-state index in [9.17, 15) is 9.59 Å². The Morgan fingerprint density at radius 1 is 1.14 bits per heavy atom. The van der Waals surface area contributed by atoms with Gasteiger partial charge in [-0.15, -0.1) is 0 Å². The number of ether oxygens (including phenoxy) is 3. The number of carbonyl (C=O) groups is 1. The molecule has 184 valence electrons. The van der Waals surface area contributed by atoms with Gasteiger partial charge < -0.3 is 14.2 Å². The van der Waals surface area contributed by atoms with Gasteiger partial charge in [0, 0.05) is 20.4 Å². The third kappa shape index (κ3) is 5.75. The van der Waals surface area contributed by atoms with Gasteiger partial charge >= 0.3 is 5.97 Å². The number of aromatic nitrogens is 2. The molecule has 1 saturated carbocycles. The average molecular weight is 607 g/mol. The average Bonchev–Trinajstić information content (AvgIpc) is 2.87. The number of nitrogens with zero attached hydrogens (tertiary/aromatic N) is 3. The van der Waals surface area contributed by atoms with E-state index in [-0.39, 0.29) is 18.1 Å². The first-order chi connectivity index (χ1) is 16.9. The molecule has 0 amide bonds. The van der Waals surface area contributed by atoms with Crippen LogP contribution in [0, 0.1) is 0 Å². The summed E-state index contributed by atoms with van der Waals surface area (Å²) < 4.78 is 18.7. The molecule has 10 heteroatoms.